The van der Waals surface area contributed by atoms with Crippen molar-refractivity contribution < 1.29 is 14.6 Å². The maximum absolute atomic E-state index is 11.1. The van der Waals surface area contributed by atoms with Crippen LogP contribution >= 0.6 is 0 Å². The Balaban J connectivity index is 1.55. The molecule has 3 rings (SSSR count). The Morgan fingerprint density at radius 1 is 1.35 bits per heavy atom. The minimum atomic E-state index is -0.608. The van der Waals surface area contributed by atoms with Gasteiger partial charge in [-0.25, -0.2) is 0 Å². The highest BCUT2D eigenvalue weighted by molar-refractivity contribution is 5.74. The number of aliphatic carboxylic acids is 1. The first-order valence-corrected chi connectivity index (χ1v) is 7.36. The van der Waals surface area contributed by atoms with Crippen molar-refractivity contribution in [1.82, 2.24) is 4.90 Å². The van der Waals surface area contributed by atoms with E-state index in [4.69, 9.17) is 9.84 Å². The summed E-state index contributed by atoms with van der Waals surface area (Å²) < 4.78 is 5.44. The van der Waals surface area contributed by atoms with E-state index in [9.17, 15) is 4.79 Å². The van der Waals surface area contributed by atoms with Gasteiger partial charge < -0.3 is 9.84 Å². The number of hydrogen-bond donors (Lipinski definition) is 1. The fourth-order valence-electron chi connectivity index (χ4n) is 3.43. The molecule has 1 aliphatic carbocycles. The molecular formula is C16H21NO3. The first-order valence-electron chi connectivity index (χ1n) is 7.36. The number of carboxylic acids is 1. The van der Waals surface area contributed by atoms with Crippen LogP contribution in [-0.2, 0) is 11.3 Å². The fraction of sp³-hybridized carbons (Fsp3) is 0.562. The summed E-state index contributed by atoms with van der Waals surface area (Å²) in [6, 6.07) is 8.20. The van der Waals surface area contributed by atoms with Crippen LogP contribution in [0.25, 0.3) is 0 Å². The first kappa shape index (κ1) is 13.4. The molecule has 3 atom stereocenters. The Morgan fingerprint density at radius 2 is 2.10 bits per heavy atom. The highest BCUT2D eigenvalue weighted by Crippen LogP contribution is 2.51. The molecule has 2 aliphatic rings. The number of nitrogens with zero attached hydrogens (tertiary/aromatic N) is 1. The summed E-state index contributed by atoms with van der Waals surface area (Å²) in [5.41, 5.74) is 1.26. The van der Waals surface area contributed by atoms with Crippen molar-refractivity contribution >= 4 is 5.97 Å². The molecule has 0 amide bonds. The molecule has 1 N–H and O–H groups in total. The Bertz CT molecular complexity index is 485. The lowest BCUT2D eigenvalue weighted by atomic mass is 10.1. The van der Waals surface area contributed by atoms with E-state index in [0.717, 1.165) is 31.8 Å². The molecule has 3 unspecified atom stereocenters. The summed E-state index contributed by atoms with van der Waals surface area (Å²) >= 11 is 0. The summed E-state index contributed by atoms with van der Waals surface area (Å²) in [4.78, 5) is 13.4. The second-order valence-corrected chi connectivity index (χ2v) is 5.79. The summed E-state index contributed by atoms with van der Waals surface area (Å²) in [5.74, 6) is 1.03. The van der Waals surface area contributed by atoms with E-state index in [2.05, 4.69) is 17.0 Å². The SMILES string of the molecule is CCOc1ccc(CN2CCC3C(C2)C3C(=O)O)cc1. The van der Waals surface area contributed by atoms with Crippen LogP contribution < -0.4 is 4.74 Å². The van der Waals surface area contributed by atoms with Gasteiger partial charge >= 0.3 is 5.97 Å². The molecule has 0 spiro atoms. The van der Waals surface area contributed by atoms with Crippen LogP contribution in [0.15, 0.2) is 24.3 Å². The van der Waals surface area contributed by atoms with Gasteiger partial charge in [-0.1, -0.05) is 12.1 Å². The van der Waals surface area contributed by atoms with Crippen LogP contribution in [0.4, 0.5) is 0 Å². The molecule has 1 aliphatic heterocycles. The second kappa shape index (κ2) is 5.44. The predicted octanol–water partition coefficient (Wildman–Crippen LogP) is 2.24. The van der Waals surface area contributed by atoms with Crippen LogP contribution in [-0.4, -0.2) is 35.7 Å². The lowest BCUT2D eigenvalue weighted by Gasteiger charge is -2.25. The summed E-state index contributed by atoms with van der Waals surface area (Å²) in [7, 11) is 0. The number of carboxylic acid groups (broad SMARTS) is 1. The van der Waals surface area contributed by atoms with Crippen molar-refractivity contribution in [3.05, 3.63) is 29.8 Å². The van der Waals surface area contributed by atoms with Crippen LogP contribution in [0.3, 0.4) is 0 Å². The molecule has 0 bridgehead atoms. The minimum absolute atomic E-state index is 0.0830. The Hall–Kier alpha value is -1.55. The third kappa shape index (κ3) is 2.66. The van der Waals surface area contributed by atoms with Crippen molar-refractivity contribution in [3.63, 3.8) is 0 Å². The van der Waals surface area contributed by atoms with Crippen LogP contribution in [0.2, 0.25) is 0 Å². The number of benzene rings is 1. The van der Waals surface area contributed by atoms with E-state index in [1.807, 2.05) is 19.1 Å². The molecule has 0 aromatic heterocycles. The lowest BCUT2D eigenvalue weighted by molar-refractivity contribution is -0.139. The zero-order chi connectivity index (χ0) is 14.1. The van der Waals surface area contributed by atoms with Crippen molar-refractivity contribution in [2.75, 3.05) is 19.7 Å². The number of carbonyl (C=O) groups is 1. The lowest BCUT2D eigenvalue weighted by Crippen LogP contribution is -2.30. The van der Waals surface area contributed by atoms with E-state index in [1.54, 1.807) is 0 Å². The van der Waals surface area contributed by atoms with Gasteiger partial charge in [0.2, 0.25) is 0 Å². The van der Waals surface area contributed by atoms with Gasteiger partial charge in [0.15, 0.2) is 0 Å². The molecule has 1 heterocycles. The van der Waals surface area contributed by atoms with Gasteiger partial charge in [0, 0.05) is 13.1 Å². The normalized spacial score (nSPS) is 28.8. The third-order valence-electron chi connectivity index (χ3n) is 4.50. The van der Waals surface area contributed by atoms with Gasteiger partial charge in [-0.15, -0.1) is 0 Å². The van der Waals surface area contributed by atoms with Gasteiger partial charge in [0.1, 0.15) is 5.75 Å². The van der Waals surface area contributed by atoms with Gasteiger partial charge in [0.05, 0.1) is 12.5 Å². The standard InChI is InChI=1S/C16H21NO3/c1-2-20-12-5-3-11(4-6-12)9-17-8-7-13-14(10-17)15(13)16(18)19/h3-6,13-15H,2,7-10H2,1H3,(H,18,19). The van der Waals surface area contributed by atoms with Gasteiger partial charge in [-0.2, -0.15) is 0 Å². The number of rotatable bonds is 5. The maximum Gasteiger partial charge on any atom is 0.307 e. The van der Waals surface area contributed by atoms with Crippen LogP contribution in [0.1, 0.15) is 18.9 Å². The molecule has 4 nitrogen and oxygen atoms in total. The monoisotopic (exact) mass is 275 g/mol. The Morgan fingerprint density at radius 3 is 2.75 bits per heavy atom. The second-order valence-electron chi connectivity index (χ2n) is 5.79. The van der Waals surface area contributed by atoms with Gasteiger partial charge in [-0.05, 0) is 49.4 Å². The Labute approximate surface area is 119 Å². The van der Waals surface area contributed by atoms with E-state index in [1.165, 1.54) is 5.56 Å². The zero-order valence-electron chi connectivity index (χ0n) is 11.8. The Kier molecular flexibility index (Phi) is 3.66. The van der Waals surface area contributed by atoms with E-state index >= 15 is 0 Å². The number of hydrogen-bond acceptors (Lipinski definition) is 3. The van der Waals surface area contributed by atoms with Crippen molar-refractivity contribution in [3.8, 4) is 5.75 Å². The molecule has 20 heavy (non-hydrogen) atoms. The average Bonchev–Trinajstić information content (AvgIpc) is 3.15. The first-order chi connectivity index (χ1) is 9.69. The van der Waals surface area contributed by atoms with E-state index in [-0.39, 0.29) is 5.92 Å². The molecule has 1 aromatic carbocycles. The van der Waals surface area contributed by atoms with Gasteiger partial charge in [0.25, 0.3) is 0 Å². The van der Waals surface area contributed by atoms with Crippen molar-refractivity contribution in [2.24, 2.45) is 17.8 Å². The smallest absolute Gasteiger partial charge is 0.307 e. The highest BCUT2D eigenvalue weighted by atomic mass is 16.5. The van der Waals surface area contributed by atoms with Crippen molar-refractivity contribution in [2.45, 2.75) is 19.9 Å². The molecule has 1 aromatic rings. The average molecular weight is 275 g/mol. The molecule has 1 saturated heterocycles. The number of likely N-dealkylation sites (tertiary alicyclic amines) is 1. The molecule has 4 heteroatoms. The molecule has 2 fully saturated rings. The molecule has 0 radical (unpaired) electrons. The van der Waals surface area contributed by atoms with E-state index in [0.29, 0.717) is 18.4 Å². The molecule has 108 valence electrons. The van der Waals surface area contributed by atoms with E-state index < -0.39 is 5.97 Å². The van der Waals surface area contributed by atoms with Crippen LogP contribution in [0.5, 0.6) is 5.75 Å². The quantitative estimate of drug-likeness (QED) is 0.895. The minimum Gasteiger partial charge on any atom is -0.494 e. The topological polar surface area (TPSA) is 49.8 Å². The number of fused-ring (bicyclic) bond motifs is 1. The highest BCUT2D eigenvalue weighted by Gasteiger charge is 2.56. The maximum atomic E-state index is 11.1. The summed E-state index contributed by atoms with van der Waals surface area (Å²) in [6.45, 7) is 5.51. The van der Waals surface area contributed by atoms with Gasteiger partial charge in [-0.3, -0.25) is 9.69 Å². The molecule has 1 saturated carbocycles. The molecular weight excluding hydrogens is 254 g/mol. The summed E-state index contributed by atoms with van der Waals surface area (Å²) in [5, 5.41) is 9.11. The van der Waals surface area contributed by atoms with Crippen molar-refractivity contribution in [1.29, 1.82) is 0 Å². The number of ether oxygens (including phenoxy) is 1. The fourth-order valence-corrected chi connectivity index (χ4v) is 3.43. The predicted molar refractivity (Wildman–Crippen MR) is 75.6 cm³/mol. The van der Waals surface area contributed by atoms with Crippen LogP contribution in [0, 0.1) is 17.8 Å². The summed E-state index contributed by atoms with van der Waals surface area (Å²) in [6.07, 6.45) is 1.03. The zero-order valence-corrected chi connectivity index (χ0v) is 11.8. The largest absolute Gasteiger partial charge is 0.494 e. The third-order valence-corrected chi connectivity index (χ3v) is 4.50. The number of piperidine rings is 1.